The summed E-state index contributed by atoms with van der Waals surface area (Å²) in [6.45, 7) is 2.31. The standard InChI is InChI=1S/C17H18N2O3/c1-12(20)19-11-14-6-3-2-5-13(14)9-16(19)17(21)18-10-15-7-4-8-22-15/h2-8,16H,9-11H2,1H3,(H,18,21)/t16-/m0/s1. The molecule has 2 aromatic rings. The molecule has 5 heteroatoms. The highest BCUT2D eigenvalue weighted by Gasteiger charge is 2.32. The van der Waals surface area contributed by atoms with Crippen molar-refractivity contribution in [1.29, 1.82) is 0 Å². The van der Waals surface area contributed by atoms with Gasteiger partial charge in [-0.1, -0.05) is 24.3 Å². The van der Waals surface area contributed by atoms with E-state index in [9.17, 15) is 9.59 Å². The SMILES string of the molecule is CC(=O)N1Cc2ccccc2C[C@H]1C(=O)NCc1ccco1. The van der Waals surface area contributed by atoms with Crippen LogP contribution in [0, 0.1) is 0 Å². The van der Waals surface area contributed by atoms with Gasteiger partial charge >= 0.3 is 0 Å². The fourth-order valence-corrected chi connectivity index (χ4v) is 2.79. The monoisotopic (exact) mass is 298 g/mol. The van der Waals surface area contributed by atoms with Crippen molar-refractivity contribution in [3.8, 4) is 0 Å². The molecule has 0 saturated heterocycles. The predicted octanol–water partition coefficient (Wildman–Crippen LogP) is 1.87. The Morgan fingerprint density at radius 1 is 1.23 bits per heavy atom. The van der Waals surface area contributed by atoms with Gasteiger partial charge in [0.2, 0.25) is 11.8 Å². The van der Waals surface area contributed by atoms with Gasteiger partial charge in [-0.15, -0.1) is 0 Å². The first-order chi connectivity index (χ1) is 10.6. The topological polar surface area (TPSA) is 62.6 Å². The number of nitrogens with zero attached hydrogens (tertiary/aromatic N) is 1. The normalized spacial score (nSPS) is 17.0. The van der Waals surface area contributed by atoms with Gasteiger partial charge < -0.3 is 14.6 Å². The minimum atomic E-state index is -0.470. The van der Waals surface area contributed by atoms with E-state index in [-0.39, 0.29) is 11.8 Å². The van der Waals surface area contributed by atoms with Crippen molar-refractivity contribution < 1.29 is 14.0 Å². The first-order valence-corrected chi connectivity index (χ1v) is 7.29. The highest BCUT2D eigenvalue weighted by atomic mass is 16.3. The molecule has 2 heterocycles. The number of carbonyl (C=O) groups is 2. The minimum absolute atomic E-state index is 0.0901. The maximum Gasteiger partial charge on any atom is 0.243 e. The van der Waals surface area contributed by atoms with Crippen LogP contribution in [0.25, 0.3) is 0 Å². The maximum absolute atomic E-state index is 12.5. The second-order valence-electron chi connectivity index (χ2n) is 5.43. The number of furan rings is 1. The van der Waals surface area contributed by atoms with Crippen molar-refractivity contribution in [2.24, 2.45) is 0 Å². The molecule has 5 nitrogen and oxygen atoms in total. The van der Waals surface area contributed by atoms with Crippen LogP contribution < -0.4 is 5.32 Å². The number of carbonyl (C=O) groups excluding carboxylic acids is 2. The zero-order valence-electron chi connectivity index (χ0n) is 12.4. The highest BCUT2D eigenvalue weighted by Crippen LogP contribution is 2.23. The van der Waals surface area contributed by atoms with E-state index >= 15 is 0 Å². The van der Waals surface area contributed by atoms with Crippen molar-refractivity contribution in [1.82, 2.24) is 10.2 Å². The van der Waals surface area contributed by atoms with Crippen molar-refractivity contribution in [3.05, 3.63) is 59.5 Å². The fourth-order valence-electron chi connectivity index (χ4n) is 2.79. The third kappa shape index (κ3) is 2.88. The zero-order valence-corrected chi connectivity index (χ0v) is 12.4. The molecule has 0 saturated carbocycles. The van der Waals surface area contributed by atoms with Crippen LogP contribution in [0.15, 0.2) is 47.1 Å². The first-order valence-electron chi connectivity index (χ1n) is 7.29. The third-order valence-corrected chi connectivity index (χ3v) is 3.97. The van der Waals surface area contributed by atoms with Crippen molar-refractivity contribution in [2.45, 2.75) is 32.5 Å². The first kappa shape index (κ1) is 14.4. The van der Waals surface area contributed by atoms with Gasteiger partial charge in [-0.2, -0.15) is 0 Å². The lowest BCUT2D eigenvalue weighted by atomic mass is 9.93. The van der Waals surface area contributed by atoms with Crippen LogP contribution in [0.4, 0.5) is 0 Å². The summed E-state index contributed by atoms with van der Waals surface area (Å²) < 4.78 is 5.21. The molecule has 0 radical (unpaired) electrons. The van der Waals surface area contributed by atoms with E-state index in [1.165, 1.54) is 6.92 Å². The van der Waals surface area contributed by atoms with E-state index in [2.05, 4.69) is 5.32 Å². The molecule has 3 rings (SSSR count). The number of rotatable bonds is 3. The summed E-state index contributed by atoms with van der Waals surface area (Å²) in [5.41, 5.74) is 2.23. The van der Waals surface area contributed by atoms with Crippen molar-refractivity contribution >= 4 is 11.8 Å². The molecule has 1 aromatic carbocycles. The van der Waals surface area contributed by atoms with Crippen LogP contribution in [-0.4, -0.2) is 22.8 Å². The van der Waals surface area contributed by atoms with Gasteiger partial charge in [0.15, 0.2) is 0 Å². The number of nitrogens with one attached hydrogen (secondary N) is 1. The van der Waals surface area contributed by atoms with Crippen LogP contribution in [0.2, 0.25) is 0 Å². The minimum Gasteiger partial charge on any atom is -0.467 e. The second kappa shape index (κ2) is 6.05. The molecule has 1 N–H and O–H groups in total. The summed E-state index contributed by atoms with van der Waals surface area (Å²) in [5, 5.41) is 2.84. The van der Waals surface area contributed by atoms with E-state index in [0.29, 0.717) is 25.3 Å². The quantitative estimate of drug-likeness (QED) is 0.941. The molecular formula is C17H18N2O3. The summed E-state index contributed by atoms with van der Waals surface area (Å²) in [4.78, 5) is 26.0. The molecule has 1 aliphatic rings. The molecule has 0 bridgehead atoms. The molecule has 0 fully saturated rings. The van der Waals surface area contributed by atoms with E-state index in [1.807, 2.05) is 24.3 Å². The van der Waals surface area contributed by atoms with Crippen LogP contribution in [0.3, 0.4) is 0 Å². The Hall–Kier alpha value is -2.56. The zero-order chi connectivity index (χ0) is 15.5. The summed E-state index contributed by atoms with van der Waals surface area (Å²) in [5.74, 6) is 0.452. The average Bonchev–Trinajstić information content (AvgIpc) is 3.04. The Labute approximate surface area is 128 Å². The van der Waals surface area contributed by atoms with Gasteiger partial charge in [-0.25, -0.2) is 0 Å². The van der Waals surface area contributed by atoms with Gasteiger partial charge in [-0.05, 0) is 23.3 Å². The molecule has 1 aliphatic heterocycles. The van der Waals surface area contributed by atoms with E-state index < -0.39 is 6.04 Å². The number of hydrogen-bond acceptors (Lipinski definition) is 3. The van der Waals surface area contributed by atoms with Crippen LogP contribution in [-0.2, 0) is 29.1 Å². The Balaban J connectivity index is 1.75. The number of hydrogen-bond donors (Lipinski definition) is 1. The molecule has 2 amide bonds. The largest absolute Gasteiger partial charge is 0.467 e. The summed E-state index contributed by atoms with van der Waals surface area (Å²) in [6, 6.07) is 11.0. The molecule has 0 spiro atoms. The van der Waals surface area contributed by atoms with Crippen molar-refractivity contribution in [2.75, 3.05) is 0 Å². The van der Waals surface area contributed by atoms with E-state index in [4.69, 9.17) is 4.42 Å². The van der Waals surface area contributed by atoms with E-state index in [0.717, 1.165) is 11.1 Å². The fraction of sp³-hybridized carbons (Fsp3) is 0.294. The lowest BCUT2D eigenvalue weighted by Crippen LogP contribution is -2.51. The van der Waals surface area contributed by atoms with Gasteiger partial charge in [-0.3, -0.25) is 9.59 Å². The number of fused-ring (bicyclic) bond motifs is 1. The van der Waals surface area contributed by atoms with Crippen molar-refractivity contribution in [3.63, 3.8) is 0 Å². The number of amides is 2. The van der Waals surface area contributed by atoms with Crippen LogP contribution in [0.1, 0.15) is 23.8 Å². The molecular weight excluding hydrogens is 280 g/mol. The summed E-state index contributed by atoms with van der Waals surface area (Å²) >= 11 is 0. The molecule has 22 heavy (non-hydrogen) atoms. The molecule has 0 aliphatic carbocycles. The van der Waals surface area contributed by atoms with Crippen LogP contribution >= 0.6 is 0 Å². The van der Waals surface area contributed by atoms with Crippen LogP contribution in [0.5, 0.6) is 0 Å². The third-order valence-electron chi connectivity index (χ3n) is 3.97. The summed E-state index contributed by atoms with van der Waals surface area (Å²) in [7, 11) is 0. The smallest absolute Gasteiger partial charge is 0.243 e. The van der Waals surface area contributed by atoms with E-state index in [1.54, 1.807) is 23.3 Å². The Kier molecular flexibility index (Phi) is 3.96. The second-order valence-corrected chi connectivity index (χ2v) is 5.43. The van der Waals surface area contributed by atoms with Gasteiger partial charge in [0.25, 0.3) is 0 Å². The average molecular weight is 298 g/mol. The van der Waals surface area contributed by atoms with Gasteiger partial charge in [0, 0.05) is 19.9 Å². The molecule has 1 aromatic heterocycles. The molecule has 0 unspecified atom stereocenters. The lowest BCUT2D eigenvalue weighted by molar-refractivity contribution is -0.140. The summed E-state index contributed by atoms with van der Waals surface area (Å²) in [6.07, 6.45) is 2.11. The van der Waals surface area contributed by atoms with Gasteiger partial charge in [0.05, 0.1) is 12.8 Å². The highest BCUT2D eigenvalue weighted by molar-refractivity contribution is 5.87. The Bertz CT molecular complexity index is 679. The molecule has 114 valence electrons. The maximum atomic E-state index is 12.5. The van der Waals surface area contributed by atoms with Gasteiger partial charge in [0.1, 0.15) is 11.8 Å². The number of benzene rings is 1. The Morgan fingerprint density at radius 2 is 2.00 bits per heavy atom. The Morgan fingerprint density at radius 3 is 2.68 bits per heavy atom. The lowest BCUT2D eigenvalue weighted by Gasteiger charge is -2.35. The molecule has 1 atom stereocenters. The predicted molar refractivity (Wildman–Crippen MR) is 80.7 cm³/mol.